The van der Waals surface area contributed by atoms with E-state index in [0.29, 0.717) is 28.0 Å². The van der Waals surface area contributed by atoms with E-state index in [4.69, 9.17) is 9.47 Å². The minimum atomic E-state index is -4.51. The molecule has 4 nitrogen and oxygen atoms in total. The highest BCUT2D eigenvalue weighted by Crippen LogP contribution is 2.40. The zero-order valence-electron chi connectivity index (χ0n) is 22.2. The van der Waals surface area contributed by atoms with Gasteiger partial charge in [0.15, 0.2) is 0 Å². The average molecular weight is 530 g/mol. The molecule has 0 saturated carbocycles. The number of hydrogen-bond acceptors (Lipinski definition) is 3. The number of carbonyl (C=O) groups excluding carboxylic acids is 1. The van der Waals surface area contributed by atoms with Crippen LogP contribution in [0.5, 0.6) is 5.75 Å². The lowest BCUT2D eigenvalue weighted by Crippen LogP contribution is -2.31. The first-order valence-electron chi connectivity index (χ1n) is 12.4. The van der Waals surface area contributed by atoms with Crippen molar-refractivity contribution >= 4 is 6.09 Å². The summed E-state index contributed by atoms with van der Waals surface area (Å²) in [5.41, 5.74) is 3.70. The minimum Gasteiger partial charge on any atom is -0.496 e. The van der Waals surface area contributed by atoms with Crippen LogP contribution < -0.4 is 4.74 Å². The first-order valence-corrected chi connectivity index (χ1v) is 12.4. The van der Waals surface area contributed by atoms with Gasteiger partial charge in [0, 0.05) is 11.6 Å². The van der Waals surface area contributed by atoms with Crippen molar-refractivity contribution in [3.8, 4) is 16.9 Å². The number of hydrogen-bond donors (Lipinski definition) is 0. The Morgan fingerprint density at radius 2 is 1.71 bits per heavy atom. The summed E-state index contributed by atoms with van der Waals surface area (Å²) in [6.07, 6.45) is -5.98. The maximum absolute atomic E-state index is 14.7. The average Bonchev–Trinajstić information content (AvgIpc) is 3.11. The Hall–Kier alpha value is -3.55. The summed E-state index contributed by atoms with van der Waals surface area (Å²) in [4.78, 5) is 14.5. The molecule has 1 heterocycles. The third kappa shape index (κ3) is 5.35. The molecule has 3 aromatic rings. The molecular formula is C30H31F4NO3. The van der Waals surface area contributed by atoms with Crippen molar-refractivity contribution < 1.29 is 31.8 Å². The monoisotopic (exact) mass is 529 g/mol. The van der Waals surface area contributed by atoms with Gasteiger partial charge in [0.25, 0.3) is 0 Å². The zero-order valence-corrected chi connectivity index (χ0v) is 22.2. The molecule has 1 saturated heterocycles. The summed E-state index contributed by atoms with van der Waals surface area (Å²) in [7, 11) is 1.47. The molecule has 0 bridgehead atoms. The number of benzene rings is 3. The summed E-state index contributed by atoms with van der Waals surface area (Å²) < 4.78 is 66.1. The molecule has 1 aliphatic rings. The van der Waals surface area contributed by atoms with Crippen LogP contribution in [0, 0.1) is 19.7 Å². The first kappa shape index (κ1) is 27.5. The van der Waals surface area contributed by atoms with Crippen LogP contribution in [-0.2, 0) is 17.5 Å². The summed E-state index contributed by atoms with van der Waals surface area (Å²) in [5, 5.41) is 0. The highest BCUT2D eigenvalue weighted by atomic mass is 19.4. The van der Waals surface area contributed by atoms with Crippen molar-refractivity contribution in [3.63, 3.8) is 0 Å². The quantitative estimate of drug-likeness (QED) is 0.301. The Balaban J connectivity index is 1.72. The lowest BCUT2D eigenvalue weighted by atomic mass is 9.92. The number of methoxy groups -OCH3 is 1. The number of amides is 1. The minimum absolute atomic E-state index is 0.0567. The number of nitrogens with zero attached hydrogens (tertiary/aromatic N) is 1. The second-order valence-corrected chi connectivity index (χ2v) is 10.2. The van der Waals surface area contributed by atoms with Crippen LogP contribution in [0.2, 0.25) is 0 Å². The molecule has 1 fully saturated rings. The van der Waals surface area contributed by atoms with E-state index < -0.39 is 30.0 Å². The molecule has 0 N–H and O–H groups in total. The molecular weight excluding hydrogens is 498 g/mol. The predicted octanol–water partition coefficient (Wildman–Crippen LogP) is 8.34. The zero-order chi connectivity index (χ0) is 27.9. The van der Waals surface area contributed by atoms with Crippen LogP contribution in [0.4, 0.5) is 22.4 Å². The molecule has 202 valence electrons. The molecule has 38 heavy (non-hydrogen) atoms. The van der Waals surface area contributed by atoms with Crippen molar-refractivity contribution in [2.45, 2.75) is 65.4 Å². The lowest BCUT2D eigenvalue weighted by Gasteiger charge is -2.24. The molecule has 8 heteroatoms. The Kier molecular flexibility index (Phi) is 7.46. The summed E-state index contributed by atoms with van der Waals surface area (Å²) in [6, 6.07) is 12.1. The SMILES string of the molecule is COc1cc(F)c(C(C)C)cc1-c1ccc(C)cc1CN1C(=O)OC(c2cc(C)cc(C(F)(F)F)c2)C1C. The number of carbonyl (C=O) groups is 1. The van der Waals surface area contributed by atoms with Gasteiger partial charge < -0.3 is 9.47 Å². The first-order chi connectivity index (χ1) is 17.8. The van der Waals surface area contributed by atoms with Gasteiger partial charge in [-0.05, 0) is 67.1 Å². The van der Waals surface area contributed by atoms with E-state index >= 15 is 0 Å². The Morgan fingerprint density at radius 1 is 1.00 bits per heavy atom. The molecule has 2 atom stereocenters. The van der Waals surface area contributed by atoms with E-state index in [9.17, 15) is 22.4 Å². The fourth-order valence-electron chi connectivity index (χ4n) is 4.99. The van der Waals surface area contributed by atoms with Gasteiger partial charge in [-0.25, -0.2) is 9.18 Å². The Morgan fingerprint density at radius 3 is 2.34 bits per heavy atom. The van der Waals surface area contributed by atoms with E-state index in [0.717, 1.165) is 28.8 Å². The number of ether oxygens (including phenoxy) is 2. The van der Waals surface area contributed by atoms with Crippen LogP contribution in [0.1, 0.15) is 66.2 Å². The molecule has 1 aliphatic heterocycles. The number of halogens is 4. The van der Waals surface area contributed by atoms with Gasteiger partial charge >= 0.3 is 12.3 Å². The molecule has 3 aromatic carbocycles. The maximum atomic E-state index is 14.7. The summed E-state index contributed by atoms with van der Waals surface area (Å²) >= 11 is 0. The Labute approximate surface area is 220 Å². The molecule has 2 unspecified atom stereocenters. The highest BCUT2D eigenvalue weighted by molar-refractivity contribution is 5.76. The predicted molar refractivity (Wildman–Crippen MR) is 138 cm³/mol. The summed E-state index contributed by atoms with van der Waals surface area (Å²) in [6.45, 7) is 9.23. The normalized spacial score (nSPS) is 17.8. The Bertz CT molecular complexity index is 1370. The van der Waals surface area contributed by atoms with Crippen LogP contribution in [0.3, 0.4) is 0 Å². The van der Waals surface area contributed by atoms with Gasteiger partial charge in [-0.1, -0.05) is 49.2 Å². The number of rotatable bonds is 6. The van der Waals surface area contributed by atoms with Crippen molar-refractivity contribution in [1.82, 2.24) is 4.90 Å². The van der Waals surface area contributed by atoms with Gasteiger partial charge in [0.2, 0.25) is 0 Å². The maximum Gasteiger partial charge on any atom is 0.416 e. The standard InChI is InChI=1S/C30H31F4NO3/c1-16(2)24-13-25(27(37-6)14-26(24)31)23-8-7-17(3)9-21(23)15-35-19(5)28(38-29(35)36)20-10-18(4)11-22(12-20)30(32,33)34/h7-14,16,19,28H,15H2,1-6H3. The van der Waals surface area contributed by atoms with Gasteiger partial charge in [0.1, 0.15) is 17.7 Å². The van der Waals surface area contributed by atoms with E-state index in [1.807, 2.05) is 39.0 Å². The third-order valence-electron chi connectivity index (χ3n) is 6.98. The molecule has 4 rings (SSSR count). The second-order valence-electron chi connectivity index (χ2n) is 10.2. The van der Waals surface area contributed by atoms with E-state index in [1.165, 1.54) is 18.1 Å². The topological polar surface area (TPSA) is 38.8 Å². The largest absolute Gasteiger partial charge is 0.496 e. The highest BCUT2D eigenvalue weighted by Gasteiger charge is 2.41. The van der Waals surface area contributed by atoms with Gasteiger partial charge in [-0.2, -0.15) is 13.2 Å². The molecule has 1 amide bonds. The number of cyclic esters (lactones) is 1. The molecule has 0 radical (unpaired) electrons. The van der Waals surface area contributed by atoms with E-state index in [2.05, 4.69) is 0 Å². The van der Waals surface area contributed by atoms with Crippen LogP contribution >= 0.6 is 0 Å². The van der Waals surface area contributed by atoms with Gasteiger partial charge in [0.05, 0.1) is 25.3 Å². The van der Waals surface area contributed by atoms with Crippen molar-refractivity contribution in [1.29, 1.82) is 0 Å². The molecule has 0 aliphatic carbocycles. The third-order valence-corrected chi connectivity index (χ3v) is 6.98. The van der Waals surface area contributed by atoms with Crippen LogP contribution in [0.25, 0.3) is 11.1 Å². The van der Waals surface area contributed by atoms with Crippen LogP contribution in [-0.4, -0.2) is 24.1 Å². The molecule has 0 spiro atoms. The smallest absolute Gasteiger partial charge is 0.416 e. The van der Waals surface area contributed by atoms with Crippen molar-refractivity contribution in [3.05, 3.63) is 87.7 Å². The van der Waals surface area contributed by atoms with Gasteiger partial charge in [-0.3, -0.25) is 4.90 Å². The summed E-state index contributed by atoms with van der Waals surface area (Å²) in [5.74, 6) is -0.0459. The lowest BCUT2D eigenvalue weighted by molar-refractivity contribution is -0.137. The second kappa shape index (κ2) is 10.3. The van der Waals surface area contributed by atoms with Crippen molar-refractivity contribution in [2.24, 2.45) is 0 Å². The van der Waals surface area contributed by atoms with E-state index in [-0.39, 0.29) is 18.3 Å². The van der Waals surface area contributed by atoms with E-state index in [1.54, 1.807) is 26.0 Å². The molecule has 0 aromatic heterocycles. The number of aryl methyl sites for hydroxylation is 2. The fourth-order valence-corrected chi connectivity index (χ4v) is 4.99. The fraction of sp³-hybridized carbons (Fsp3) is 0.367. The van der Waals surface area contributed by atoms with Crippen LogP contribution in [0.15, 0.2) is 48.5 Å². The number of alkyl halides is 3. The van der Waals surface area contributed by atoms with Gasteiger partial charge in [-0.15, -0.1) is 0 Å². The van der Waals surface area contributed by atoms with Crippen molar-refractivity contribution in [2.75, 3.05) is 7.11 Å².